The predicted molar refractivity (Wildman–Crippen MR) is 59.0 cm³/mol. The van der Waals surface area contributed by atoms with E-state index >= 15 is 0 Å². The van der Waals surface area contributed by atoms with Crippen LogP contribution < -0.4 is 10.6 Å². The van der Waals surface area contributed by atoms with Crippen molar-refractivity contribution in [2.45, 2.75) is 6.18 Å². The molecule has 0 aromatic heterocycles. The van der Waals surface area contributed by atoms with Gasteiger partial charge in [0.15, 0.2) is 0 Å². The zero-order valence-electron chi connectivity index (χ0n) is 8.64. The van der Waals surface area contributed by atoms with Crippen molar-refractivity contribution in [2.75, 3.05) is 18.4 Å². The molecule has 0 aliphatic heterocycles. The van der Waals surface area contributed by atoms with Crippen LogP contribution in [-0.4, -0.2) is 25.2 Å². The SMILES string of the molecule is O=C(CNc1ccc(Cl)cc1)NCC(F)(F)F. The molecule has 0 saturated carbocycles. The molecular formula is C10H10ClF3N2O. The van der Waals surface area contributed by atoms with Crippen LogP contribution in [0.15, 0.2) is 24.3 Å². The molecule has 0 aliphatic carbocycles. The van der Waals surface area contributed by atoms with Crippen LogP contribution in [0.1, 0.15) is 0 Å². The molecule has 1 aromatic rings. The molecule has 1 rings (SSSR count). The zero-order valence-corrected chi connectivity index (χ0v) is 9.40. The fourth-order valence-corrected chi connectivity index (χ4v) is 1.14. The van der Waals surface area contributed by atoms with Gasteiger partial charge in [0, 0.05) is 10.7 Å². The van der Waals surface area contributed by atoms with Crippen LogP contribution in [0.3, 0.4) is 0 Å². The van der Waals surface area contributed by atoms with E-state index in [-0.39, 0.29) is 6.54 Å². The lowest BCUT2D eigenvalue weighted by atomic mass is 10.3. The number of halogens is 4. The van der Waals surface area contributed by atoms with E-state index in [1.165, 1.54) is 0 Å². The van der Waals surface area contributed by atoms with Crippen molar-refractivity contribution < 1.29 is 18.0 Å². The standard InChI is InChI=1S/C10H10ClF3N2O/c11-7-1-3-8(4-2-7)15-5-9(17)16-6-10(12,13)14/h1-4,15H,5-6H2,(H,16,17). The molecule has 0 spiro atoms. The summed E-state index contributed by atoms with van der Waals surface area (Å²) < 4.78 is 35.3. The number of alkyl halides is 3. The number of nitrogens with one attached hydrogen (secondary N) is 2. The number of hydrogen-bond acceptors (Lipinski definition) is 2. The van der Waals surface area contributed by atoms with Crippen LogP contribution in [0.25, 0.3) is 0 Å². The van der Waals surface area contributed by atoms with E-state index in [9.17, 15) is 18.0 Å². The second kappa shape index (κ2) is 5.77. The molecular weight excluding hydrogens is 257 g/mol. The summed E-state index contributed by atoms with van der Waals surface area (Å²) in [6.07, 6.45) is -4.39. The van der Waals surface area contributed by atoms with Gasteiger partial charge in [0.05, 0.1) is 6.54 Å². The molecule has 0 bridgehead atoms. The Bertz CT molecular complexity index is 378. The molecule has 0 fully saturated rings. The van der Waals surface area contributed by atoms with Gasteiger partial charge < -0.3 is 10.6 Å². The van der Waals surface area contributed by atoms with E-state index in [1.807, 2.05) is 0 Å². The second-order valence-corrected chi connectivity index (χ2v) is 3.69. The maximum atomic E-state index is 11.8. The third kappa shape index (κ3) is 6.01. The summed E-state index contributed by atoms with van der Waals surface area (Å²) >= 11 is 5.64. The summed E-state index contributed by atoms with van der Waals surface area (Å²) in [5, 5.41) is 4.96. The van der Waals surface area contributed by atoms with Crippen molar-refractivity contribution in [3.05, 3.63) is 29.3 Å². The van der Waals surface area contributed by atoms with E-state index in [4.69, 9.17) is 11.6 Å². The van der Waals surface area contributed by atoms with E-state index in [2.05, 4.69) is 5.32 Å². The average Bonchev–Trinajstić information content (AvgIpc) is 2.25. The Kier molecular flexibility index (Phi) is 4.62. The van der Waals surface area contributed by atoms with Crippen LogP contribution in [0, 0.1) is 0 Å². The van der Waals surface area contributed by atoms with Crippen LogP contribution in [0.5, 0.6) is 0 Å². The third-order valence-electron chi connectivity index (χ3n) is 1.78. The first-order valence-corrected chi connectivity index (χ1v) is 5.07. The van der Waals surface area contributed by atoms with E-state index in [0.717, 1.165) is 0 Å². The van der Waals surface area contributed by atoms with Gasteiger partial charge in [-0.3, -0.25) is 4.79 Å². The summed E-state index contributed by atoms with van der Waals surface area (Å²) in [4.78, 5) is 11.0. The normalized spacial score (nSPS) is 11.1. The Morgan fingerprint density at radius 3 is 2.35 bits per heavy atom. The van der Waals surface area contributed by atoms with Crippen LogP contribution in [-0.2, 0) is 4.79 Å². The molecule has 0 aliphatic rings. The number of amides is 1. The van der Waals surface area contributed by atoms with Gasteiger partial charge in [0.25, 0.3) is 0 Å². The van der Waals surface area contributed by atoms with Crippen molar-refractivity contribution in [1.29, 1.82) is 0 Å². The quantitative estimate of drug-likeness (QED) is 0.879. The van der Waals surface area contributed by atoms with Crippen molar-refractivity contribution in [3.8, 4) is 0 Å². The fraction of sp³-hybridized carbons (Fsp3) is 0.300. The Hall–Kier alpha value is -1.43. The van der Waals surface area contributed by atoms with E-state index < -0.39 is 18.6 Å². The Labute approximate surface area is 101 Å². The summed E-state index contributed by atoms with van der Waals surface area (Å²) in [5.74, 6) is -0.725. The molecule has 0 radical (unpaired) electrons. The van der Waals surface area contributed by atoms with Gasteiger partial charge in [-0.2, -0.15) is 13.2 Å². The predicted octanol–water partition coefficient (Wildman–Crippen LogP) is 2.43. The molecule has 17 heavy (non-hydrogen) atoms. The summed E-state index contributed by atoms with van der Waals surface area (Å²) in [5.41, 5.74) is 0.608. The van der Waals surface area contributed by atoms with Gasteiger partial charge >= 0.3 is 6.18 Å². The minimum absolute atomic E-state index is 0.224. The highest BCUT2D eigenvalue weighted by Crippen LogP contribution is 2.13. The lowest BCUT2D eigenvalue weighted by Gasteiger charge is -2.09. The van der Waals surface area contributed by atoms with Gasteiger partial charge in [-0.1, -0.05) is 11.6 Å². The molecule has 7 heteroatoms. The maximum Gasteiger partial charge on any atom is 0.405 e. The molecule has 0 unspecified atom stereocenters. The number of benzene rings is 1. The molecule has 2 N–H and O–H groups in total. The first-order chi connectivity index (χ1) is 7.87. The summed E-state index contributed by atoms with van der Waals surface area (Å²) in [7, 11) is 0. The Balaban J connectivity index is 2.31. The van der Waals surface area contributed by atoms with Gasteiger partial charge in [-0.25, -0.2) is 0 Å². The monoisotopic (exact) mass is 266 g/mol. The van der Waals surface area contributed by atoms with Gasteiger partial charge in [0.1, 0.15) is 6.54 Å². The number of carbonyl (C=O) groups excluding carboxylic acids is 1. The highest BCUT2D eigenvalue weighted by Gasteiger charge is 2.27. The summed E-state index contributed by atoms with van der Waals surface area (Å²) in [6.45, 7) is -1.55. The Morgan fingerprint density at radius 2 is 1.82 bits per heavy atom. The largest absolute Gasteiger partial charge is 0.405 e. The van der Waals surface area contributed by atoms with Crippen molar-refractivity contribution >= 4 is 23.2 Å². The maximum absolute atomic E-state index is 11.8. The first kappa shape index (κ1) is 13.6. The molecule has 0 heterocycles. The van der Waals surface area contributed by atoms with Gasteiger partial charge in [-0.05, 0) is 24.3 Å². The Morgan fingerprint density at radius 1 is 1.24 bits per heavy atom. The lowest BCUT2D eigenvalue weighted by molar-refractivity contribution is -0.137. The van der Waals surface area contributed by atoms with Crippen LogP contribution >= 0.6 is 11.6 Å². The fourth-order valence-electron chi connectivity index (χ4n) is 1.01. The molecule has 94 valence electrons. The number of hydrogen-bond donors (Lipinski definition) is 2. The van der Waals surface area contributed by atoms with E-state index in [0.29, 0.717) is 10.7 Å². The third-order valence-corrected chi connectivity index (χ3v) is 2.04. The van der Waals surface area contributed by atoms with Crippen LogP contribution in [0.2, 0.25) is 5.02 Å². The molecule has 0 atom stereocenters. The second-order valence-electron chi connectivity index (χ2n) is 3.25. The molecule has 1 aromatic carbocycles. The first-order valence-electron chi connectivity index (χ1n) is 4.70. The van der Waals surface area contributed by atoms with Crippen molar-refractivity contribution in [2.24, 2.45) is 0 Å². The average molecular weight is 267 g/mol. The highest BCUT2D eigenvalue weighted by atomic mass is 35.5. The van der Waals surface area contributed by atoms with Crippen molar-refractivity contribution in [1.82, 2.24) is 5.32 Å². The van der Waals surface area contributed by atoms with Gasteiger partial charge in [0.2, 0.25) is 5.91 Å². The molecule has 0 saturated heterocycles. The zero-order chi connectivity index (χ0) is 12.9. The minimum Gasteiger partial charge on any atom is -0.376 e. The summed E-state index contributed by atoms with van der Waals surface area (Å²) in [6, 6.07) is 6.47. The molecule has 3 nitrogen and oxygen atoms in total. The number of rotatable bonds is 4. The topological polar surface area (TPSA) is 41.1 Å². The van der Waals surface area contributed by atoms with Gasteiger partial charge in [-0.15, -0.1) is 0 Å². The van der Waals surface area contributed by atoms with Crippen LogP contribution in [0.4, 0.5) is 18.9 Å². The number of carbonyl (C=O) groups is 1. The van der Waals surface area contributed by atoms with Crippen molar-refractivity contribution in [3.63, 3.8) is 0 Å². The minimum atomic E-state index is -4.39. The smallest absolute Gasteiger partial charge is 0.376 e. The number of anilines is 1. The molecule has 1 amide bonds. The van der Waals surface area contributed by atoms with E-state index in [1.54, 1.807) is 29.6 Å². The lowest BCUT2D eigenvalue weighted by Crippen LogP contribution is -2.37. The highest BCUT2D eigenvalue weighted by molar-refractivity contribution is 6.30.